The lowest BCUT2D eigenvalue weighted by Crippen LogP contribution is -2.40. The second kappa shape index (κ2) is 9.62. The molecule has 0 spiro atoms. The number of rotatable bonds is 8. The van der Waals surface area contributed by atoms with E-state index in [-0.39, 0.29) is 5.91 Å². The van der Waals surface area contributed by atoms with Crippen LogP contribution in [0.2, 0.25) is 0 Å². The summed E-state index contributed by atoms with van der Waals surface area (Å²) >= 11 is 0. The van der Waals surface area contributed by atoms with Crippen LogP contribution in [-0.2, 0) is 9.53 Å². The van der Waals surface area contributed by atoms with Gasteiger partial charge in [0.05, 0.1) is 19.3 Å². The molecule has 0 bridgehead atoms. The van der Waals surface area contributed by atoms with Gasteiger partial charge in [-0.2, -0.15) is 0 Å². The average molecular weight is 371 g/mol. The highest BCUT2D eigenvalue weighted by atomic mass is 16.5. The first-order valence-electron chi connectivity index (χ1n) is 8.90. The zero-order chi connectivity index (χ0) is 19.8. The van der Waals surface area contributed by atoms with Crippen molar-refractivity contribution in [2.45, 2.75) is 26.9 Å². The van der Waals surface area contributed by atoms with Gasteiger partial charge in [-0.25, -0.2) is 4.79 Å². The highest BCUT2D eigenvalue weighted by Gasteiger charge is 2.25. The molecule has 0 aromatic heterocycles. The molecule has 2 rings (SSSR count). The number of anilines is 1. The van der Waals surface area contributed by atoms with E-state index in [0.717, 1.165) is 5.69 Å². The highest BCUT2D eigenvalue weighted by molar-refractivity contribution is 5.99. The van der Waals surface area contributed by atoms with Crippen molar-refractivity contribution in [2.75, 3.05) is 25.2 Å². The molecule has 0 heterocycles. The summed E-state index contributed by atoms with van der Waals surface area (Å²) in [6.45, 7) is 6.19. The van der Waals surface area contributed by atoms with Crippen LogP contribution in [0.25, 0.3) is 0 Å². The quantitative estimate of drug-likeness (QED) is 0.662. The second-order valence-electron chi connectivity index (χ2n) is 5.76. The summed E-state index contributed by atoms with van der Waals surface area (Å²) in [7, 11) is 1.53. The molecule has 0 aliphatic rings. The molecule has 2 aromatic carbocycles. The monoisotopic (exact) mass is 371 g/mol. The Labute approximate surface area is 159 Å². The van der Waals surface area contributed by atoms with Gasteiger partial charge in [0.15, 0.2) is 17.6 Å². The maximum absolute atomic E-state index is 12.7. The van der Waals surface area contributed by atoms with E-state index in [2.05, 4.69) is 0 Å². The molecule has 0 aliphatic heterocycles. The van der Waals surface area contributed by atoms with Crippen LogP contribution < -0.4 is 14.4 Å². The van der Waals surface area contributed by atoms with Gasteiger partial charge in [-0.05, 0) is 51.1 Å². The third-order valence-electron chi connectivity index (χ3n) is 3.98. The standard InChI is InChI=1S/C21H25NO5/c1-5-22(17-10-8-7-9-11-17)20(23)15(3)27-21(24)16-12-13-18(25-4)19(14-16)26-6-2/h7-15H,5-6H2,1-4H3/t15-/m0/s1. The molecule has 0 saturated heterocycles. The number of benzene rings is 2. The van der Waals surface area contributed by atoms with Gasteiger partial charge in [-0.3, -0.25) is 4.79 Å². The lowest BCUT2D eigenvalue weighted by atomic mass is 10.2. The molecule has 0 saturated carbocycles. The smallest absolute Gasteiger partial charge is 0.339 e. The summed E-state index contributed by atoms with van der Waals surface area (Å²) < 4.78 is 16.1. The minimum absolute atomic E-state index is 0.282. The van der Waals surface area contributed by atoms with E-state index in [1.807, 2.05) is 44.2 Å². The van der Waals surface area contributed by atoms with E-state index >= 15 is 0 Å². The van der Waals surface area contributed by atoms with Crippen molar-refractivity contribution in [3.05, 3.63) is 54.1 Å². The van der Waals surface area contributed by atoms with Crippen LogP contribution in [0.3, 0.4) is 0 Å². The number of hydrogen-bond donors (Lipinski definition) is 0. The third kappa shape index (κ3) is 5.00. The maximum Gasteiger partial charge on any atom is 0.339 e. The van der Waals surface area contributed by atoms with E-state index in [9.17, 15) is 9.59 Å². The van der Waals surface area contributed by atoms with Gasteiger partial charge in [0, 0.05) is 12.2 Å². The number of carbonyl (C=O) groups excluding carboxylic acids is 2. The Morgan fingerprint density at radius 3 is 2.33 bits per heavy atom. The summed E-state index contributed by atoms with van der Waals surface area (Å²) in [5.74, 6) is 0.103. The lowest BCUT2D eigenvalue weighted by molar-refractivity contribution is -0.126. The van der Waals surface area contributed by atoms with Gasteiger partial charge in [0.2, 0.25) is 0 Å². The molecule has 27 heavy (non-hydrogen) atoms. The molecular formula is C21H25NO5. The fraction of sp³-hybridized carbons (Fsp3) is 0.333. The number of para-hydroxylation sites is 1. The summed E-state index contributed by atoms with van der Waals surface area (Å²) in [4.78, 5) is 26.8. The first kappa shape index (κ1) is 20.3. The minimum atomic E-state index is -0.921. The summed E-state index contributed by atoms with van der Waals surface area (Å²) in [6.07, 6.45) is -0.921. The Morgan fingerprint density at radius 2 is 1.74 bits per heavy atom. The Balaban J connectivity index is 2.12. The fourth-order valence-corrected chi connectivity index (χ4v) is 2.64. The molecule has 1 atom stereocenters. The van der Waals surface area contributed by atoms with Crippen molar-refractivity contribution in [1.82, 2.24) is 0 Å². The van der Waals surface area contributed by atoms with Crippen LogP contribution in [-0.4, -0.2) is 38.2 Å². The summed E-state index contributed by atoms with van der Waals surface area (Å²) in [5.41, 5.74) is 1.05. The number of carbonyl (C=O) groups is 2. The molecule has 6 heteroatoms. The molecular weight excluding hydrogens is 346 g/mol. The molecule has 144 valence electrons. The number of hydrogen-bond acceptors (Lipinski definition) is 5. The highest BCUT2D eigenvalue weighted by Crippen LogP contribution is 2.28. The normalized spacial score (nSPS) is 11.4. The van der Waals surface area contributed by atoms with Gasteiger partial charge >= 0.3 is 5.97 Å². The molecule has 0 radical (unpaired) electrons. The van der Waals surface area contributed by atoms with Crippen LogP contribution in [0.4, 0.5) is 5.69 Å². The van der Waals surface area contributed by atoms with E-state index in [1.165, 1.54) is 7.11 Å². The number of nitrogens with zero attached hydrogens (tertiary/aromatic N) is 1. The minimum Gasteiger partial charge on any atom is -0.493 e. The topological polar surface area (TPSA) is 65.1 Å². The van der Waals surface area contributed by atoms with Crippen LogP contribution in [0.5, 0.6) is 11.5 Å². The summed E-state index contributed by atoms with van der Waals surface area (Å²) in [6, 6.07) is 14.0. The predicted molar refractivity (Wildman–Crippen MR) is 104 cm³/mol. The summed E-state index contributed by atoms with van der Waals surface area (Å²) in [5, 5.41) is 0. The number of methoxy groups -OCH3 is 1. The van der Waals surface area contributed by atoms with Gasteiger partial charge < -0.3 is 19.1 Å². The molecule has 0 unspecified atom stereocenters. The van der Waals surface area contributed by atoms with E-state index in [4.69, 9.17) is 14.2 Å². The fourth-order valence-electron chi connectivity index (χ4n) is 2.64. The van der Waals surface area contributed by atoms with Crippen LogP contribution in [0.15, 0.2) is 48.5 Å². The zero-order valence-electron chi connectivity index (χ0n) is 16.1. The van der Waals surface area contributed by atoms with Gasteiger partial charge in [-0.1, -0.05) is 18.2 Å². The van der Waals surface area contributed by atoms with Crippen molar-refractivity contribution >= 4 is 17.6 Å². The van der Waals surface area contributed by atoms with E-state index < -0.39 is 12.1 Å². The Hall–Kier alpha value is -3.02. The van der Waals surface area contributed by atoms with Crippen molar-refractivity contribution in [3.8, 4) is 11.5 Å². The van der Waals surface area contributed by atoms with Gasteiger partial charge in [0.1, 0.15) is 0 Å². The molecule has 0 N–H and O–H groups in total. The number of amides is 1. The molecule has 1 amide bonds. The third-order valence-corrected chi connectivity index (χ3v) is 3.98. The van der Waals surface area contributed by atoms with Crippen molar-refractivity contribution in [3.63, 3.8) is 0 Å². The van der Waals surface area contributed by atoms with E-state index in [1.54, 1.807) is 30.0 Å². The van der Waals surface area contributed by atoms with Crippen LogP contribution >= 0.6 is 0 Å². The van der Waals surface area contributed by atoms with Crippen LogP contribution in [0, 0.1) is 0 Å². The van der Waals surface area contributed by atoms with Crippen molar-refractivity contribution in [2.24, 2.45) is 0 Å². The maximum atomic E-state index is 12.7. The van der Waals surface area contributed by atoms with Crippen LogP contribution in [0.1, 0.15) is 31.1 Å². The molecule has 0 fully saturated rings. The molecule has 2 aromatic rings. The van der Waals surface area contributed by atoms with Crippen molar-refractivity contribution in [1.29, 1.82) is 0 Å². The average Bonchev–Trinajstić information content (AvgIpc) is 2.69. The zero-order valence-corrected chi connectivity index (χ0v) is 16.1. The lowest BCUT2D eigenvalue weighted by Gasteiger charge is -2.24. The van der Waals surface area contributed by atoms with Gasteiger partial charge in [-0.15, -0.1) is 0 Å². The predicted octanol–water partition coefficient (Wildman–Crippen LogP) is 3.69. The SMILES string of the molecule is CCOc1cc(C(=O)O[C@@H](C)C(=O)N(CC)c2ccccc2)ccc1OC. The molecule has 0 aliphatic carbocycles. The Morgan fingerprint density at radius 1 is 1.04 bits per heavy atom. The number of ether oxygens (including phenoxy) is 3. The largest absolute Gasteiger partial charge is 0.493 e. The number of likely N-dealkylation sites (N-methyl/N-ethyl adjacent to an activating group) is 1. The molecule has 6 nitrogen and oxygen atoms in total. The Kier molecular flexibility index (Phi) is 7.23. The second-order valence-corrected chi connectivity index (χ2v) is 5.76. The Bertz CT molecular complexity index is 775. The number of esters is 1. The first-order valence-corrected chi connectivity index (χ1v) is 8.90. The first-order chi connectivity index (χ1) is 13.0. The van der Waals surface area contributed by atoms with E-state index in [0.29, 0.717) is 30.2 Å². The van der Waals surface area contributed by atoms with Crippen molar-refractivity contribution < 1.29 is 23.8 Å². The van der Waals surface area contributed by atoms with Gasteiger partial charge in [0.25, 0.3) is 5.91 Å².